The van der Waals surface area contributed by atoms with E-state index >= 15 is 0 Å². The first-order valence-corrected chi connectivity index (χ1v) is 9.83. The number of hydrogen-bond acceptors (Lipinski definition) is 5. The van der Waals surface area contributed by atoms with Gasteiger partial charge in [0, 0.05) is 11.8 Å². The predicted molar refractivity (Wildman–Crippen MR) is 99.3 cm³/mol. The molecule has 0 saturated carbocycles. The number of aryl methyl sites for hydroxylation is 2. The van der Waals surface area contributed by atoms with Crippen LogP contribution in [0.1, 0.15) is 11.1 Å². The normalized spacial score (nSPS) is 12.7. The minimum absolute atomic E-state index is 0.140. The van der Waals surface area contributed by atoms with E-state index in [1.54, 1.807) is 30.3 Å². The molecule has 3 rings (SSSR count). The molecule has 0 unspecified atom stereocenters. The average molecular weight is 376 g/mol. The number of nitrogens with zero attached hydrogens (tertiary/aromatic N) is 1. The van der Waals surface area contributed by atoms with Crippen molar-refractivity contribution in [1.29, 1.82) is 0 Å². The third-order valence-corrected chi connectivity index (χ3v) is 5.26. The molecule has 1 aliphatic heterocycles. The van der Waals surface area contributed by atoms with Crippen molar-refractivity contribution in [2.75, 3.05) is 29.2 Å². The van der Waals surface area contributed by atoms with Crippen molar-refractivity contribution < 1.29 is 22.7 Å². The van der Waals surface area contributed by atoms with Crippen LogP contribution in [0.3, 0.4) is 0 Å². The Labute approximate surface area is 152 Å². The average Bonchev–Trinajstić information content (AvgIpc) is 3.02. The van der Waals surface area contributed by atoms with Crippen LogP contribution in [0, 0.1) is 13.8 Å². The van der Waals surface area contributed by atoms with Crippen LogP contribution in [-0.2, 0) is 14.8 Å². The SMILES string of the molecule is Cc1ccc(N(CC(=O)Nc2ccc3c(c2)OCO3)S(C)(=O)=O)cc1C. The van der Waals surface area contributed by atoms with E-state index < -0.39 is 15.9 Å². The molecular formula is C18H20N2O5S. The first-order valence-electron chi connectivity index (χ1n) is 7.98. The predicted octanol–water partition coefficient (Wildman–Crippen LogP) is 2.44. The second-order valence-electron chi connectivity index (χ2n) is 6.15. The summed E-state index contributed by atoms with van der Waals surface area (Å²) in [5.41, 5.74) is 2.96. The molecule has 0 radical (unpaired) electrons. The van der Waals surface area contributed by atoms with E-state index in [-0.39, 0.29) is 13.3 Å². The molecule has 0 aliphatic carbocycles. The zero-order valence-electron chi connectivity index (χ0n) is 14.8. The highest BCUT2D eigenvalue weighted by molar-refractivity contribution is 7.92. The van der Waals surface area contributed by atoms with Crippen molar-refractivity contribution in [3.63, 3.8) is 0 Å². The molecule has 0 atom stereocenters. The summed E-state index contributed by atoms with van der Waals surface area (Å²) >= 11 is 0. The zero-order valence-corrected chi connectivity index (χ0v) is 15.6. The van der Waals surface area contributed by atoms with Gasteiger partial charge in [-0.05, 0) is 49.2 Å². The fraction of sp³-hybridized carbons (Fsp3) is 0.278. The monoisotopic (exact) mass is 376 g/mol. The van der Waals surface area contributed by atoms with Gasteiger partial charge < -0.3 is 14.8 Å². The van der Waals surface area contributed by atoms with Crippen LogP contribution in [0.5, 0.6) is 11.5 Å². The summed E-state index contributed by atoms with van der Waals surface area (Å²) in [7, 11) is -3.62. The Hall–Kier alpha value is -2.74. The minimum atomic E-state index is -3.62. The van der Waals surface area contributed by atoms with Crippen LogP contribution in [0.15, 0.2) is 36.4 Å². The number of hydrogen-bond donors (Lipinski definition) is 1. The molecule has 1 heterocycles. The van der Waals surface area contributed by atoms with E-state index in [1.807, 2.05) is 19.9 Å². The molecule has 0 saturated heterocycles. The van der Waals surface area contributed by atoms with Crippen LogP contribution in [0.25, 0.3) is 0 Å². The molecule has 1 N–H and O–H groups in total. The summed E-state index contributed by atoms with van der Waals surface area (Å²) in [6, 6.07) is 10.3. The van der Waals surface area contributed by atoms with Crippen LogP contribution >= 0.6 is 0 Å². The Bertz CT molecular complexity index is 956. The molecule has 2 aromatic rings. The van der Waals surface area contributed by atoms with Crippen molar-refractivity contribution in [1.82, 2.24) is 0 Å². The Morgan fingerprint density at radius 2 is 1.81 bits per heavy atom. The van der Waals surface area contributed by atoms with Gasteiger partial charge in [0.25, 0.3) is 0 Å². The van der Waals surface area contributed by atoms with E-state index in [0.29, 0.717) is 22.9 Å². The van der Waals surface area contributed by atoms with Gasteiger partial charge in [0.1, 0.15) is 6.54 Å². The summed E-state index contributed by atoms with van der Waals surface area (Å²) in [5.74, 6) is 0.695. The third-order valence-electron chi connectivity index (χ3n) is 4.12. The molecule has 7 nitrogen and oxygen atoms in total. The van der Waals surface area contributed by atoms with E-state index in [1.165, 1.54) is 0 Å². The van der Waals surface area contributed by atoms with Gasteiger partial charge in [-0.2, -0.15) is 0 Å². The Morgan fingerprint density at radius 1 is 1.08 bits per heavy atom. The number of nitrogens with one attached hydrogen (secondary N) is 1. The van der Waals surface area contributed by atoms with E-state index in [9.17, 15) is 13.2 Å². The van der Waals surface area contributed by atoms with Crippen molar-refractivity contribution in [3.8, 4) is 11.5 Å². The highest BCUT2D eigenvalue weighted by Crippen LogP contribution is 2.34. The van der Waals surface area contributed by atoms with Crippen molar-refractivity contribution in [2.24, 2.45) is 0 Å². The van der Waals surface area contributed by atoms with Crippen LogP contribution in [0.2, 0.25) is 0 Å². The number of ether oxygens (including phenoxy) is 2. The highest BCUT2D eigenvalue weighted by Gasteiger charge is 2.22. The molecule has 26 heavy (non-hydrogen) atoms. The number of carbonyl (C=O) groups excluding carboxylic acids is 1. The second-order valence-corrected chi connectivity index (χ2v) is 8.06. The van der Waals surface area contributed by atoms with E-state index in [4.69, 9.17) is 9.47 Å². The molecule has 0 aromatic heterocycles. The van der Waals surface area contributed by atoms with Crippen molar-refractivity contribution in [2.45, 2.75) is 13.8 Å². The Morgan fingerprint density at radius 3 is 2.50 bits per heavy atom. The summed E-state index contributed by atoms with van der Waals surface area (Å²) in [6.45, 7) is 3.65. The lowest BCUT2D eigenvalue weighted by Gasteiger charge is -2.22. The van der Waals surface area contributed by atoms with Gasteiger partial charge >= 0.3 is 0 Å². The number of amides is 1. The van der Waals surface area contributed by atoms with Gasteiger partial charge in [0.2, 0.25) is 22.7 Å². The van der Waals surface area contributed by atoms with Gasteiger partial charge in [-0.1, -0.05) is 6.07 Å². The maximum atomic E-state index is 12.4. The first-order chi connectivity index (χ1) is 12.2. The molecule has 0 fully saturated rings. The van der Waals surface area contributed by atoms with Gasteiger partial charge in [-0.15, -0.1) is 0 Å². The third kappa shape index (κ3) is 3.91. The van der Waals surface area contributed by atoms with Crippen molar-refractivity contribution in [3.05, 3.63) is 47.5 Å². The molecule has 0 bridgehead atoms. The smallest absolute Gasteiger partial charge is 0.245 e. The molecule has 8 heteroatoms. The lowest BCUT2D eigenvalue weighted by molar-refractivity contribution is -0.114. The number of carbonyl (C=O) groups is 1. The summed E-state index contributed by atoms with van der Waals surface area (Å²) in [6.07, 6.45) is 1.08. The van der Waals surface area contributed by atoms with E-state index in [0.717, 1.165) is 21.7 Å². The maximum absolute atomic E-state index is 12.4. The largest absolute Gasteiger partial charge is 0.454 e. The van der Waals surface area contributed by atoms with Gasteiger partial charge in [-0.25, -0.2) is 8.42 Å². The van der Waals surface area contributed by atoms with Gasteiger partial charge in [-0.3, -0.25) is 9.10 Å². The lowest BCUT2D eigenvalue weighted by Crippen LogP contribution is -2.37. The molecule has 0 spiro atoms. The molecule has 2 aromatic carbocycles. The van der Waals surface area contributed by atoms with Gasteiger partial charge in [0.05, 0.1) is 11.9 Å². The first kappa shape index (κ1) is 18.1. The zero-order chi connectivity index (χ0) is 18.9. The Balaban J connectivity index is 1.78. The number of anilines is 2. The topological polar surface area (TPSA) is 84.9 Å². The number of benzene rings is 2. The summed E-state index contributed by atoms with van der Waals surface area (Å²) in [4.78, 5) is 12.4. The standard InChI is InChI=1S/C18H20N2O5S/c1-12-4-6-15(8-13(12)2)20(26(3,22)23)10-18(21)19-14-5-7-16-17(9-14)25-11-24-16/h4-9H,10-11H2,1-3H3,(H,19,21). The lowest BCUT2D eigenvalue weighted by atomic mass is 10.1. The van der Waals surface area contributed by atoms with E-state index in [2.05, 4.69) is 5.32 Å². The fourth-order valence-corrected chi connectivity index (χ4v) is 3.43. The molecule has 1 amide bonds. The summed E-state index contributed by atoms with van der Waals surface area (Å²) in [5, 5.41) is 2.69. The molecule has 138 valence electrons. The Kier molecular flexibility index (Phi) is 4.78. The summed E-state index contributed by atoms with van der Waals surface area (Å²) < 4.78 is 35.9. The quantitative estimate of drug-likeness (QED) is 0.866. The molecule has 1 aliphatic rings. The van der Waals surface area contributed by atoms with Crippen molar-refractivity contribution >= 4 is 27.3 Å². The van der Waals surface area contributed by atoms with Crippen LogP contribution in [0.4, 0.5) is 11.4 Å². The van der Waals surface area contributed by atoms with Crippen LogP contribution in [-0.4, -0.2) is 33.9 Å². The number of rotatable bonds is 5. The number of fused-ring (bicyclic) bond motifs is 1. The fourth-order valence-electron chi connectivity index (χ4n) is 2.59. The van der Waals surface area contributed by atoms with Crippen LogP contribution < -0.4 is 19.1 Å². The van der Waals surface area contributed by atoms with Gasteiger partial charge in [0.15, 0.2) is 11.5 Å². The maximum Gasteiger partial charge on any atom is 0.245 e. The molecular weight excluding hydrogens is 356 g/mol. The highest BCUT2D eigenvalue weighted by atomic mass is 32.2. The second kappa shape index (κ2) is 6.87. The number of sulfonamides is 1. The minimum Gasteiger partial charge on any atom is -0.454 e.